The monoisotopic (exact) mass is 504 g/mol. The maximum atomic E-state index is 9.40. The van der Waals surface area contributed by atoms with Crippen LogP contribution in [0.1, 0.15) is 72.4 Å². The smallest absolute Gasteiger partial charge is 0.119 e. The highest BCUT2D eigenvalue weighted by atomic mass is 32.1. The molecule has 2 aliphatic carbocycles. The Balaban J connectivity index is 0.000000658. The van der Waals surface area contributed by atoms with Crippen LogP contribution in [0.4, 0.5) is 5.69 Å². The lowest BCUT2D eigenvalue weighted by Gasteiger charge is -2.40. The van der Waals surface area contributed by atoms with E-state index in [4.69, 9.17) is 0 Å². The first kappa shape index (κ1) is 28.0. The minimum absolute atomic E-state index is 0.0237. The molecule has 194 valence electrons. The average molecular weight is 505 g/mol. The van der Waals surface area contributed by atoms with Gasteiger partial charge >= 0.3 is 0 Å². The molecule has 0 radical (unpaired) electrons. The summed E-state index contributed by atoms with van der Waals surface area (Å²) < 4.78 is 0. The van der Waals surface area contributed by atoms with E-state index in [-0.39, 0.29) is 5.41 Å². The number of nitrogens with one attached hydrogen (secondary N) is 1. The Morgan fingerprint density at radius 3 is 2.44 bits per heavy atom. The van der Waals surface area contributed by atoms with Crippen LogP contribution in [0.2, 0.25) is 0 Å². The standard InChI is InChI=1S/C28H36N2S.C4H8O/c1-7-28(18-30(19(2)3)24-12-8-20(4)9-13-24)15-14-26-25(16-28)27(22(6)31-26)21(5)29-17-23-10-11-23;1-2-3-4-5/h7-9,12-13,23,29H,1-2,5,10-11,14-18H2,3-4,6H3;4H,2-3H2,1H3. The second-order valence-corrected chi connectivity index (χ2v) is 11.9. The molecule has 4 rings (SSSR count). The topological polar surface area (TPSA) is 32.3 Å². The number of hydrogen-bond acceptors (Lipinski definition) is 4. The van der Waals surface area contributed by atoms with Crippen molar-refractivity contribution in [1.29, 1.82) is 0 Å². The van der Waals surface area contributed by atoms with Crippen LogP contribution in [0, 0.1) is 25.2 Å². The third-order valence-electron chi connectivity index (χ3n) is 7.37. The van der Waals surface area contributed by atoms with E-state index in [0.717, 1.165) is 62.4 Å². The summed E-state index contributed by atoms with van der Waals surface area (Å²) in [6.45, 7) is 23.5. The Labute approximate surface area is 223 Å². The van der Waals surface area contributed by atoms with Crippen LogP contribution in [-0.4, -0.2) is 19.4 Å². The predicted octanol–water partition coefficient (Wildman–Crippen LogP) is 8.02. The molecule has 1 atom stereocenters. The summed E-state index contributed by atoms with van der Waals surface area (Å²) >= 11 is 1.96. The van der Waals surface area contributed by atoms with E-state index >= 15 is 0 Å². The highest BCUT2D eigenvalue weighted by Crippen LogP contribution is 2.45. The van der Waals surface area contributed by atoms with Gasteiger partial charge in [0.05, 0.1) is 0 Å². The summed E-state index contributed by atoms with van der Waals surface area (Å²) in [5, 5.41) is 3.64. The number of aldehydes is 1. The molecule has 2 aromatic rings. The van der Waals surface area contributed by atoms with Crippen LogP contribution in [0.25, 0.3) is 5.70 Å². The van der Waals surface area contributed by atoms with Crippen molar-refractivity contribution >= 4 is 29.0 Å². The Morgan fingerprint density at radius 1 is 1.22 bits per heavy atom. The van der Waals surface area contributed by atoms with Crippen LogP contribution < -0.4 is 10.2 Å². The molecule has 1 unspecified atom stereocenters. The second kappa shape index (κ2) is 12.6. The molecular weight excluding hydrogens is 460 g/mol. The second-order valence-electron chi connectivity index (χ2n) is 10.6. The number of unbranched alkanes of at least 4 members (excludes halogenated alkanes) is 1. The van der Waals surface area contributed by atoms with Gasteiger partial charge in [0.1, 0.15) is 6.29 Å². The van der Waals surface area contributed by atoms with Crippen molar-refractivity contribution in [3.63, 3.8) is 0 Å². The summed E-state index contributed by atoms with van der Waals surface area (Å²) in [5.74, 6) is 0.845. The fourth-order valence-corrected chi connectivity index (χ4v) is 6.11. The molecule has 1 N–H and O–H groups in total. The molecular formula is C32H44N2OS. The van der Waals surface area contributed by atoms with Crippen LogP contribution in [0.3, 0.4) is 0 Å². The number of carbonyl (C=O) groups excluding carboxylic acids is 1. The van der Waals surface area contributed by atoms with Gasteiger partial charge in [-0.25, -0.2) is 0 Å². The van der Waals surface area contributed by atoms with Crippen LogP contribution in [0.15, 0.2) is 55.8 Å². The Bertz CT molecular complexity index is 1080. The SMILES string of the molecule is C=CC1(CN(C(=C)C)c2ccc(C)cc2)CCc2sc(C)c(C(=C)NCC3CC3)c2C1.CCCC=O. The summed E-state index contributed by atoms with van der Waals surface area (Å²) in [6, 6.07) is 8.78. The van der Waals surface area contributed by atoms with Crippen molar-refractivity contribution in [2.24, 2.45) is 11.3 Å². The molecule has 0 bridgehead atoms. The fourth-order valence-electron chi connectivity index (χ4n) is 4.89. The first-order valence-corrected chi connectivity index (χ1v) is 14.2. The molecule has 1 aromatic heterocycles. The van der Waals surface area contributed by atoms with E-state index in [1.165, 1.54) is 45.0 Å². The lowest BCUT2D eigenvalue weighted by atomic mass is 9.72. The zero-order valence-corrected chi connectivity index (χ0v) is 23.6. The number of thiophene rings is 1. The Morgan fingerprint density at radius 2 is 1.92 bits per heavy atom. The number of allylic oxidation sites excluding steroid dienone is 1. The summed E-state index contributed by atoms with van der Waals surface area (Å²) in [5.41, 5.74) is 7.56. The highest BCUT2D eigenvalue weighted by molar-refractivity contribution is 7.12. The minimum atomic E-state index is 0.0237. The molecule has 1 saturated carbocycles. The first-order valence-electron chi connectivity index (χ1n) is 13.3. The quantitative estimate of drug-likeness (QED) is 0.248. The normalized spacial score (nSPS) is 18.3. The van der Waals surface area contributed by atoms with Crippen LogP contribution in [-0.2, 0) is 17.6 Å². The van der Waals surface area contributed by atoms with Crippen LogP contribution >= 0.6 is 11.3 Å². The van der Waals surface area contributed by atoms with E-state index in [9.17, 15) is 4.79 Å². The lowest BCUT2D eigenvalue weighted by Crippen LogP contribution is -2.39. The maximum Gasteiger partial charge on any atom is 0.119 e. The van der Waals surface area contributed by atoms with E-state index in [1.807, 2.05) is 18.3 Å². The fraction of sp³-hybridized carbons (Fsp3) is 0.469. The number of nitrogens with zero attached hydrogens (tertiary/aromatic N) is 1. The Kier molecular flexibility index (Phi) is 9.78. The van der Waals surface area contributed by atoms with Crippen LogP contribution in [0.5, 0.6) is 0 Å². The zero-order valence-electron chi connectivity index (χ0n) is 22.8. The van der Waals surface area contributed by atoms with Gasteiger partial charge in [-0.2, -0.15) is 0 Å². The molecule has 0 spiro atoms. The third kappa shape index (κ3) is 7.00. The Hall–Kier alpha value is -2.59. The van der Waals surface area contributed by atoms with E-state index in [0.29, 0.717) is 6.42 Å². The molecule has 1 heterocycles. The van der Waals surface area contributed by atoms with Crippen molar-refractivity contribution in [2.75, 3.05) is 18.0 Å². The lowest BCUT2D eigenvalue weighted by molar-refractivity contribution is -0.107. The summed E-state index contributed by atoms with van der Waals surface area (Å²) in [7, 11) is 0. The van der Waals surface area contributed by atoms with Gasteiger partial charge in [-0.15, -0.1) is 17.9 Å². The summed E-state index contributed by atoms with van der Waals surface area (Å²) in [4.78, 5) is 14.7. The zero-order chi connectivity index (χ0) is 26.3. The molecule has 0 aliphatic heterocycles. The molecule has 36 heavy (non-hydrogen) atoms. The van der Waals surface area contributed by atoms with Gasteiger partial charge in [0.15, 0.2) is 0 Å². The largest absolute Gasteiger partial charge is 0.385 e. The highest BCUT2D eigenvalue weighted by Gasteiger charge is 2.37. The number of rotatable bonds is 11. The molecule has 1 aromatic carbocycles. The molecule has 3 nitrogen and oxygen atoms in total. The average Bonchev–Trinajstić information content (AvgIpc) is 3.63. The van der Waals surface area contributed by atoms with Gasteiger partial charge in [0.2, 0.25) is 0 Å². The minimum Gasteiger partial charge on any atom is -0.385 e. The van der Waals surface area contributed by atoms with E-state index < -0.39 is 0 Å². The first-order chi connectivity index (χ1) is 17.2. The summed E-state index contributed by atoms with van der Waals surface area (Å²) in [6.07, 6.45) is 10.8. The van der Waals surface area contributed by atoms with Crippen molar-refractivity contribution in [3.8, 4) is 0 Å². The number of carbonyl (C=O) groups is 1. The van der Waals surface area contributed by atoms with Crippen molar-refractivity contribution in [1.82, 2.24) is 5.32 Å². The van der Waals surface area contributed by atoms with Gasteiger partial charge in [0, 0.05) is 57.3 Å². The molecule has 0 amide bonds. The van der Waals surface area contributed by atoms with E-state index in [2.05, 4.69) is 81.1 Å². The number of fused-ring (bicyclic) bond motifs is 1. The molecule has 0 saturated heterocycles. The number of aryl methyl sites for hydroxylation is 3. The van der Waals surface area contributed by atoms with Gasteiger partial charge in [-0.3, -0.25) is 0 Å². The molecule has 1 fully saturated rings. The number of anilines is 1. The number of hydrogen-bond donors (Lipinski definition) is 1. The maximum absolute atomic E-state index is 9.40. The van der Waals surface area contributed by atoms with Gasteiger partial charge in [0.25, 0.3) is 0 Å². The number of benzene rings is 1. The van der Waals surface area contributed by atoms with Gasteiger partial charge in [-0.05, 0) is 82.9 Å². The predicted molar refractivity (Wildman–Crippen MR) is 158 cm³/mol. The van der Waals surface area contributed by atoms with Crippen molar-refractivity contribution < 1.29 is 4.79 Å². The molecule has 2 aliphatic rings. The van der Waals surface area contributed by atoms with Crippen molar-refractivity contribution in [2.45, 2.75) is 72.6 Å². The third-order valence-corrected chi connectivity index (χ3v) is 8.57. The van der Waals surface area contributed by atoms with Crippen molar-refractivity contribution in [3.05, 3.63) is 82.2 Å². The van der Waals surface area contributed by atoms with Gasteiger partial charge < -0.3 is 15.0 Å². The van der Waals surface area contributed by atoms with Gasteiger partial charge in [-0.1, -0.05) is 43.9 Å². The van der Waals surface area contributed by atoms with E-state index in [1.54, 1.807) is 0 Å². The molecule has 4 heteroatoms.